The van der Waals surface area contributed by atoms with E-state index in [1.54, 1.807) is 0 Å². The molecule has 0 N–H and O–H groups in total. The van der Waals surface area contributed by atoms with E-state index in [-0.39, 0.29) is 0 Å². The van der Waals surface area contributed by atoms with Crippen molar-refractivity contribution in [2.24, 2.45) is 0 Å². The summed E-state index contributed by atoms with van der Waals surface area (Å²) in [5, 5.41) is 2.27. The predicted octanol–water partition coefficient (Wildman–Crippen LogP) is 4.17. The molecule has 2 aromatic rings. The second-order valence-electron chi connectivity index (χ2n) is 4.22. The van der Waals surface area contributed by atoms with Gasteiger partial charge in [0.25, 0.3) is 0 Å². The van der Waals surface area contributed by atoms with Crippen molar-refractivity contribution in [1.29, 1.82) is 0 Å². The lowest BCUT2D eigenvalue weighted by Crippen LogP contribution is -1.95. The molecule has 0 saturated heterocycles. The second-order valence-corrected chi connectivity index (χ2v) is 4.22. The molecule has 0 amide bonds. The molecule has 0 heterocycles. The fraction of sp³-hybridized carbons (Fsp3) is 0.267. The highest BCUT2D eigenvalue weighted by Gasteiger charge is 2.09. The largest absolute Gasteiger partial charge is 0.298 e. The van der Waals surface area contributed by atoms with Gasteiger partial charge in [-0.1, -0.05) is 50.2 Å². The van der Waals surface area contributed by atoms with E-state index in [1.165, 1.54) is 10.9 Å². The topological polar surface area (TPSA) is 17.1 Å². The Kier molecular flexibility index (Phi) is 3.04. The maximum Gasteiger partial charge on any atom is 0.150 e. The zero-order valence-electron chi connectivity index (χ0n) is 9.73. The lowest BCUT2D eigenvalue weighted by Gasteiger charge is -2.13. The molecule has 0 bridgehead atoms. The standard InChI is InChI=1S/C15H16O/c1-3-11(2)13-9-8-12(10-16)14-6-4-5-7-15(13)14/h4-11H,3H2,1-2H3/t11-/m0/s1. The third-order valence-electron chi connectivity index (χ3n) is 3.26. The van der Waals surface area contributed by atoms with Crippen LogP contribution in [0, 0.1) is 0 Å². The summed E-state index contributed by atoms with van der Waals surface area (Å²) < 4.78 is 0. The van der Waals surface area contributed by atoms with Gasteiger partial charge in [-0.15, -0.1) is 0 Å². The van der Waals surface area contributed by atoms with Gasteiger partial charge in [0.05, 0.1) is 0 Å². The second kappa shape index (κ2) is 4.48. The Morgan fingerprint density at radius 2 is 1.81 bits per heavy atom. The SMILES string of the molecule is CC[C@H](C)c1ccc(C=O)c2ccccc12. The third-order valence-corrected chi connectivity index (χ3v) is 3.26. The molecule has 82 valence electrons. The minimum Gasteiger partial charge on any atom is -0.298 e. The van der Waals surface area contributed by atoms with E-state index in [0.29, 0.717) is 5.92 Å². The van der Waals surface area contributed by atoms with Crippen LogP contribution in [0.2, 0.25) is 0 Å². The predicted molar refractivity (Wildman–Crippen MR) is 68.0 cm³/mol. The highest BCUT2D eigenvalue weighted by molar-refractivity contribution is 5.99. The molecular weight excluding hydrogens is 196 g/mol. The fourth-order valence-corrected chi connectivity index (χ4v) is 2.10. The van der Waals surface area contributed by atoms with Crippen LogP contribution in [0.3, 0.4) is 0 Å². The fourth-order valence-electron chi connectivity index (χ4n) is 2.10. The lowest BCUT2D eigenvalue weighted by molar-refractivity contribution is 0.112. The first kappa shape index (κ1) is 10.9. The Morgan fingerprint density at radius 3 is 2.44 bits per heavy atom. The van der Waals surface area contributed by atoms with Gasteiger partial charge in [-0.3, -0.25) is 4.79 Å². The lowest BCUT2D eigenvalue weighted by atomic mass is 9.91. The van der Waals surface area contributed by atoms with Crippen LogP contribution in [0.1, 0.15) is 42.1 Å². The molecule has 1 atom stereocenters. The van der Waals surface area contributed by atoms with E-state index in [9.17, 15) is 4.79 Å². The molecule has 0 radical (unpaired) electrons. The molecule has 0 saturated carbocycles. The van der Waals surface area contributed by atoms with Crippen molar-refractivity contribution in [1.82, 2.24) is 0 Å². The number of carbonyl (C=O) groups excluding carboxylic acids is 1. The summed E-state index contributed by atoms with van der Waals surface area (Å²) in [7, 11) is 0. The number of hydrogen-bond donors (Lipinski definition) is 0. The number of fused-ring (bicyclic) bond motifs is 1. The molecule has 0 aliphatic rings. The van der Waals surface area contributed by atoms with Gasteiger partial charge in [0.1, 0.15) is 0 Å². The first-order valence-electron chi connectivity index (χ1n) is 5.74. The average molecular weight is 212 g/mol. The summed E-state index contributed by atoms with van der Waals surface area (Å²) in [4.78, 5) is 11.0. The van der Waals surface area contributed by atoms with Gasteiger partial charge < -0.3 is 0 Å². The molecule has 1 nitrogen and oxygen atoms in total. The summed E-state index contributed by atoms with van der Waals surface area (Å²) in [6.45, 7) is 4.41. The summed E-state index contributed by atoms with van der Waals surface area (Å²) in [6.07, 6.45) is 2.05. The quantitative estimate of drug-likeness (QED) is 0.698. The Labute approximate surface area is 96.1 Å². The number of rotatable bonds is 3. The van der Waals surface area contributed by atoms with Crippen LogP contribution in [0.5, 0.6) is 0 Å². The summed E-state index contributed by atoms with van der Waals surface area (Å²) in [6, 6.07) is 12.1. The van der Waals surface area contributed by atoms with E-state index in [1.807, 2.05) is 24.3 Å². The molecule has 0 aliphatic heterocycles. The van der Waals surface area contributed by atoms with Crippen LogP contribution < -0.4 is 0 Å². The number of benzene rings is 2. The van der Waals surface area contributed by atoms with Crippen molar-refractivity contribution in [3.8, 4) is 0 Å². The van der Waals surface area contributed by atoms with Crippen molar-refractivity contribution in [2.45, 2.75) is 26.2 Å². The van der Waals surface area contributed by atoms with Crippen molar-refractivity contribution in [2.75, 3.05) is 0 Å². The van der Waals surface area contributed by atoms with Crippen LogP contribution >= 0.6 is 0 Å². The summed E-state index contributed by atoms with van der Waals surface area (Å²) >= 11 is 0. The number of aldehydes is 1. The molecule has 0 aliphatic carbocycles. The van der Waals surface area contributed by atoms with Crippen molar-refractivity contribution in [3.05, 3.63) is 47.5 Å². The molecule has 2 aromatic carbocycles. The maximum atomic E-state index is 11.0. The van der Waals surface area contributed by atoms with Crippen LogP contribution in [-0.2, 0) is 0 Å². The Balaban J connectivity index is 2.74. The van der Waals surface area contributed by atoms with E-state index in [4.69, 9.17) is 0 Å². The first-order chi connectivity index (χ1) is 7.77. The van der Waals surface area contributed by atoms with Gasteiger partial charge in [0, 0.05) is 5.56 Å². The van der Waals surface area contributed by atoms with Gasteiger partial charge in [-0.05, 0) is 28.7 Å². The minimum atomic E-state index is 0.533. The Bertz CT molecular complexity index is 514. The third kappa shape index (κ3) is 1.73. The Morgan fingerprint density at radius 1 is 1.12 bits per heavy atom. The van der Waals surface area contributed by atoms with Crippen molar-refractivity contribution >= 4 is 17.1 Å². The smallest absolute Gasteiger partial charge is 0.150 e. The summed E-state index contributed by atoms with van der Waals surface area (Å²) in [5.74, 6) is 0.533. The highest BCUT2D eigenvalue weighted by atomic mass is 16.1. The molecule has 0 spiro atoms. The molecular formula is C15H16O. The highest BCUT2D eigenvalue weighted by Crippen LogP contribution is 2.29. The van der Waals surface area contributed by atoms with E-state index < -0.39 is 0 Å². The average Bonchev–Trinajstić information content (AvgIpc) is 2.36. The van der Waals surface area contributed by atoms with Crippen molar-refractivity contribution < 1.29 is 4.79 Å². The van der Waals surface area contributed by atoms with Gasteiger partial charge in [-0.2, -0.15) is 0 Å². The first-order valence-corrected chi connectivity index (χ1v) is 5.74. The molecule has 1 heteroatoms. The molecule has 0 aromatic heterocycles. The van der Waals surface area contributed by atoms with E-state index in [0.717, 1.165) is 23.7 Å². The van der Waals surface area contributed by atoms with Gasteiger partial charge >= 0.3 is 0 Å². The van der Waals surface area contributed by atoms with E-state index >= 15 is 0 Å². The van der Waals surface area contributed by atoms with Gasteiger partial charge in [0.15, 0.2) is 6.29 Å². The van der Waals surface area contributed by atoms with Gasteiger partial charge in [-0.25, -0.2) is 0 Å². The normalized spacial score (nSPS) is 12.6. The van der Waals surface area contributed by atoms with Crippen LogP contribution in [-0.4, -0.2) is 6.29 Å². The molecule has 0 fully saturated rings. The van der Waals surface area contributed by atoms with Crippen LogP contribution in [0.25, 0.3) is 10.8 Å². The Hall–Kier alpha value is -1.63. The monoisotopic (exact) mass is 212 g/mol. The number of hydrogen-bond acceptors (Lipinski definition) is 1. The zero-order chi connectivity index (χ0) is 11.5. The van der Waals surface area contributed by atoms with Crippen molar-refractivity contribution in [3.63, 3.8) is 0 Å². The maximum absolute atomic E-state index is 11.0. The molecule has 2 rings (SSSR count). The summed E-state index contributed by atoms with van der Waals surface area (Å²) in [5.41, 5.74) is 2.12. The van der Waals surface area contributed by atoms with E-state index in [2.05, 4.69) is 26.0 Å². The molecule has 16 heavy (non-hydrogen) atoms. The zero-order valence-corrected chi connectivity index (χ0v) is 9.73. The number of carbonyl (C=O) groups is 1. The van der Waals surface area contributed by atoms with Crippen LogP contribution in [0.15, 0.2) is 36.4 Å². The minimum absolute atomic E-state index is 0.533. The van der Waals surface area contributed by atoms with Crippen LogP contribution in [0.4, 0.5) is 0 Å². The molecule has 0 unspecified atom stereocenters. The van der Waals surface area contributed by atoms with Gasteiger partial charge in [0.2, 0.25) is 0 Å².